The zero-order chi connectivity index (χ0) is 13.8. The van der Waals surface area contributed by atoms with Crippen molar-refractivity contribution in [2.45, 2.75) is 27.7 Å². The summed E-state index contributed by atoms with van der Waals surface area (Å²) < 4.78 is 1.85. The van der Waals surface area contributed by atoms with E-state index in [1.165, 1.54) is 11.1 Å². The Balaban J connectivity index is 0.000000637. The second-order valence-electron chi connectivity index (χ2n) is 4.20. The van der Waals surface area contributed by atoms with E-state index < -0.39 is 0 Å². The van der Waals surface area contributed by atoms with Gasteiger partial charge >= 0.3 is 0 Å². The minimum absolute atomic E-state index is 0.892. The van der Waals surface area contributed by atoms with Gasteiger partial charge in [-0.25, -0.2) is 9.50 Å². The molecule has 0 saturated carbocycles. The lowest BCUT2D eigenvalue weighted by molar-refractivity contribution is 0.896. The van der Waals surface area contributed by atoms with Gasteiger partial charge in [-0.05, 0) is 25.5 Å². The van der Waals surface area contributed by atoms with Crippen LogP contribution in [0.5, 0.6) is 0 Å². The van der Waals surface area contributed by atoms with E-state index in [-0.39, 0.29) is 0 Å². The smallest absolute Gasteiger partial charge is 0.155 e. The molecule has 0 bridgehead atoms. The third kappa shape index (κ3) is 2.50. The summed E-state index contributed by atoms with van der Waals surface area (Å²) in [7, 11) is 0. The third-order valence-electron chi connectivity index (χ3n) is 2.96. The predicted molar refractivity (Wildman–Crippen MR) is 79.2 cm³/mol. The van der Waals surface area contributed by atoms with E-state index in [1.54, 1.807) is 6.20 Å². The van der Waals surface area contributed by atoms with Crippen LogP contribution in [0.3, 0.4) is 0 Å². The van der Waals surface area contributed by atoms with Gasteiger partial charge in [-0.3, -0.25) is 0 Å². The molecule has 0 radical (unpaired) electrons. The normalized spacial score (nSPS) is 10.1. The summed E-state index contributed by atoms with van der Waals surface area (Å²) in [5.74, 6) is 0. The van der Waals surface area contributed by atoms with Gasteiger partial charge in [-0.2, -0.15) is 5.10 Å². The highest BCUT2D eigenvalue weighted by molar-refractivity contribution is 5.65. The summed E-state index contributed by atoms with van der Waals surface area (Å²) in [6.45, 7) is 8.15. The number of benzene rings is 1. The molecule has 0 aliphatic rings. The number of nitrogens with zero attached hydrogens (tertiary/aromatic N) is 3. The Kier molecular flexibility index (Phi) is 3.95. The molecule has 0 fully saturated rings. The van der Waals surface area contributed by atoms with Crippen LogP contribution >= 0.6 is 0 Å². The lowest BCUT2D eigenvalue weighted by Gasteiger charge is -2.07. The number of fused-ring (bicyclic) bond motifs is 1. The van der Waals surface area contributed by atoms with E-state index in [9.17, 15) is 0 Å². The van der Waals surface area contributed by atoms with Crippen LogP contribution in [0.2, 0.25) is 0 Å². The molecular weight excluding hydrogens is 234 g/mol. The van der Waals surface area contributed by atoms with E-state index in [2.05, 4.69) is 35.2 Å². The fourth-order valence-corrected chi connectivity index (χ4v) is 2.07. The molecule has 19 heavy (non-hydrogen) atoms. The van der Waals surface area contributed by atoms with Crippen LogP contribution in [0, 0.1) is 13.8 Å². The Bertz CT molecular complexity index is 683. The van der Waals surface area contributed by atoms with E-state index >= 15 is 0 Å². The van der Waals surface area contributed by atoms with Crippen molar-refractivity contribution in [1.82, 2.24) is 14.6 Å². The van der Waals surface area contributed by atoms with Crippen LogP contribution in [0.25, 0.3) is 16.9 Å². The number of aryl methyl sites for hydroxylation is 2. The van der Waals surface area contributed by atoms with Crippen LogP contribution in [-0.4, -0.2) is 14.6 Å². The van der Waals surface area contributed by atoms with Gasteiger partial charge in [0.1, 0.15) is 0 Å². The van der Waals surface area contributed by atoms with E-state index in [0.717, 1.165) is 17.0 Å². The highest BCUT2D eigenvalue weighted by Crippen LogP contribution is 2.22. The van der Waals surface area contributed by atoms with Crippen molar-refractivity contribution in [2.75, 3.05) is 0 Å². The molecule has 3 aromatic rings. The van der Waals surface area contributed by atoms with Gasteiger partial charge in [-0.1, -0.05) is 38.1 Å². The van der Waals surface area contributed by atoms with Gasteiger partial charge in [0, 0.05) is 17.3 Å². The molecule has 0 spiro atoms. The Morgan fingerprint density at radius 1 is 1.00 bits per heavy atom. The predicted octanol–water partition coefficient (Wildman–Crippen LogP) is 4.04. The largest absolute Gasteiger partial charge is 0.229 e. The van der Waals surface area contributed by atoms with Crippen molar-refractivity contribution in [3.63, 3.8) is 0 Å². The van der Waals surface area contributed by atoms with Crippen molar-refractivity contribution in [3.05, 3.63) is 53.9 Å². The number of aromatic nitrogens is 3. The Labute approximate surface area is 113 Å². The van der Waals surface area contributed by atoms with Crippen LogP contribution in [0.15, 0.2) is 42.6 Å². The zero-order valence-corrected chi connectivity index (χ0v) is 11.9. The molecule has 0 aliphatic heterocycles. The van der Waals surface area contributed by atoms with Crippen molar-refractivity contribution in [2.24, 2.45) is 0 Å². The maximum atomic E-state index is 4.63. The molecule has 0 aliphatic carbocycles. The first-order chi connectivity index (χ1) is 9.25. The Morgan fingerprint density at radius 2 is 1.74 bits per heavy atom. The molecule has 0 unspecified atom stereocenters. The fraction of sp³-hybridized carbons (Fsp3) is 0.250. The lowest BCUT2D eigenvalue weighted by Crippen LogP contribution is -1.97. The first kappa shape index (κ1) is 13.3. The molecule has 3 nitrogen and oxygen atoms in total. The first-order valence-corrected chi connectivity index (χ1v) is 6.63. The van der Waals surface area contributed by atoms with Gasteiger partial charge in [0.25, 0.3) is 0 Å². The first-order valence-electron chi connectivity index (χ1n) is 6.63. The maximum absolute atomic E-state index is 4.63. The average molecular weight is 253 g/mol. The topological polar surface area (TPSA) is 30.2 Å². The summed E-state index contributed by atoms with van der Waals surface area (Å²) in [6, 6.07) is 12.3. The van der Waals surface area contributed by atoms with Gasteiger partial charge in [0.2, 0.25) is 0 Å². The highest BCUT2D eigenvalue weighted by atomic mass is 15.2. The van der Waals surface area contributed by atoms with Crippen molar-refractivity contribution >= 4 is 5.65 Å². The van der Waals surface area contributed by atoms with Crippen LogP contribution < -0.4 is 0 Å². The summed E-state index contributed by atoms with van der Waals surface area (Å²) in [4.78, 5) is 4.63. The van der Waals surface area contributed by atoms with Crippen LogP contribution in [-0.2, 0) is 0 Å². The molecule has 3 heteroatoms. The summed E-state index contributed by atoms with van der Waals surface area (Å²) in [5.41, 5.74) is 5.41. The standard InChI is InChI=1S/C14H13N3.C2H6/c1-10-5-3-4-6-12(10)13-9-11(2)17-14(16-13)7-8-15-17;1-2/h3-9H,1-2H3;1-2H3. The number of hydrogen-bond donors (Lipinski definition) is 0. The Hall–Kier alpha value is -2.16. The van der Waals surface area contributed by atoms with E-state index in [1.807, 2.05) is 43.5 Å². The molecular formula is C16H19N3. The molecule has 0 N–H and O–H groups in total. The van der Waals surface area contributed by atoms with Crippen LogP contribution in [0.1, 0.15) is 25.1 Å². The minimum atomic E-state index is 0.892. The average Bonchev–Trinajstić information content (AvgIpc) is 2.90. The molecule has 0 atom stereocenters. The van der Waals surface area contributed by atoms with Crippen molar-refractivity contribution in [1.29, 1.82) is 0 Å². The zero-order valence-electron chi connectivity index (χ0n) is 11.9. The molecule has 3 rings (SSSR count). The Morgan fingerprint density at radius 3 is 2.47 bits per heavy atom. The summed E-state index contributed by atoms with van der Waals surface area (Å²) in [6.07, 6.45) is 1.77. The second-order valence-corrected chi connectivity index (χ2v) is 4.20. The maximum Gasteiger partial charge on any atom is 0.155 e. The van der Waals surface area contributed by atoms with Crippen molar-refractivity contribution in [3.8, 4) is 11.3 Å². The lowest BCUT2D eigenvalue weighted by atomic mass is 10.1. The van der Waals surface area contributed by atoms with Crippen molar-refractivity contribution < 1.29 is 0 Å². The van der Waals surface area contributed by atoms with Gasteiger partial charge in [0.15, 0.2) is 5.65 Å². The highest BCUT2D eigenvalue weighted by Gasteiger charge is 2.06. The van der Waals surface area contributed by atoms with Gasteiger partial charge < -0.3 is 0 Å². The van der Waals surface area contributed by atoms with E-state index in [4.69, 9.17) is 0 Å². The molecule has 0 saturated heterocycles. The molecule has 2 heterocycles. The fourth-order valence-electron chi connectivity index (χ4n) is 2.07. The monoisotopic (exact) mass is 253 g/mol. The summed E-state index contributed by atoms with van der Waals surface area (Å²) >= 11 is 0. The third-order valence-corrected chi connectivity index (χ3v) is 2.96. The number of rotatable bonds is 1. The van der Waals surface area contributed by atoms with Gasteiger partial charge in [-0.15, -0.1) is 0 Å². The molecule has 0 amide bonds. The molecule has 2 aromatic heterocycles. The minimum Gasteiger partial charge on any atom is -0.229 e. The molecule has 98 valence electrons. The van der Waals surface area contributed by atoms with E-state index in [0.29, 0.717) is 0 Å². The van der Waals surface area contributed by atoms with Gasteiger partial charge in [0.05, 0.1) is 11.9 Å². The molecule has 1 aromatic carbocycles. The quantitative estimate of drug-likeness (QED) is 0.655. The SMILES string of the molecule is CC.Cc1ccccc1-c1cc(C)n2nccc2n1. The second kappa shape index (κ2) is 5.65. The summed E-state index contributed by atoms with van der Waals surface area (Å²) in [5, 5.41) is 4.23. The van der Waals surface area contributed by atoms with Crippen LogP contribution in [0.4, 0.5) is 0 Å². The number of hydrogen-bond acceptors (Lipinski definition) is 2.